The Morgan fingerprint density at radius 2 is 2.05 bits per heavy atom. The number of hydrogen-bond acceptors (Lipinski definition) is 4. The predicted molar refractivity (Wildman–Crippen MR) is 69.9 cm³/mol. The van der Waals surface area contributed by atoms with Crippen molar-refractivity contribution in [1.29, 1.82) is 0 Å². The maximum Gasteiger partial charge on any atom is 0.251 e. The maximum absolute atomic E-state index is 13.2. The van der Waals surface area contributed by atoms with Crippen LogP contribution in [0.1, 0.15) is 16.8 Å². The Labute approximate surface area is 120 Å². The van der Waals surface area contributed by atoms with Crippen molar-refractivity contribution >= 4 is 17.5 Å². The minimum absolute atomic E-state index is 0.0316. The van der Waals surface area contributed by atoms with Gasteiger partial charge >= 0.3 is 0 Å². The van der Waals surface area contributed by atoms with Crippen LogP contribution in [0.2, 0.25) is 5.02 Å². The van der Waals surface area contributed by atoms with Gasteiger partial charge in [0.05, 0.1) is 12.1 Å². The first-order valence-electron chi connectivity index (χ1n) is 6.16. The Morgan fingerprint density at radius 1 is 1.35 bits per heavy atom. The molecule has 1 saturated carbocycles. The number of carbonyl (C=O) groups is 1. The first-order valence-corrected chi connectivity index (χ1v) is 6.54. The van der Waals surface area contributed by atoms with E-state index in [1.807, 2.05) is 0 Å². The smallest absolute Gasteiger partial charge is 0.251 e. The third kappa shape index (κ3) is 3.09. The molecule has 0 radical (unpaired) electrons. The molecule has 20 heavy (non-hydrogen) atoms. The summed E-state index contributed by atoms with van der Waals surface area (Å²) < 4.78 is 13.2. The third-order valence-electron chi connectivity index (χ3n) is 3.48. The fraction of sp³-hybridized carbons (Fsp3) is 0.462. The average molecular weight is 304 g/mol. The molecule has 0 bridgehead atoms. The second-order valence-corrected chi connectivity index (χ2v) is 5.33. The number of nitrogens with one attached hydrogen (secondary N) is 1. The summed E-state index contributed by atoms with van der Waals surface area (Å²) in [4.78, 5) is 12.0. The third-order valence-corrected chi connectivity index (χ3v) is 3.70. The summed E-state index contributed by atoms with van der Waals surface area (Å²) in [6.07, 6.45) is -2.02. The molecule has 0 aromatic heterocycles. The molecule has 4 N–H and O–H groups in total. The van der Waals surface area contributed by atoms with Crippen LogP contribution in [0.3, 0.4) is 0 Å². The molecule has 1 aromatic rings. The summed E-state index contributed by atoms with van der Waals surface area (Å²) in [7, 11) is 0. The number of hydrogen-bond donors (Lipinski definition) is 4. The van der Waals surface area contributed by atoms with Gasteiger partial charge in [0.1, 0.15) is 11.9 Å². The van der Waals surface area contributed by atoms with Crippen molar-refractivity contribution in [1.82, 2.24) is 5.32 Å². The molecule has 1 aromatic carbocycles. The molecule has 0 aliphatic heterocycles. The lowest BCUT2D eigenvalue weighted by molar-refractivity contribution is 0.000134. The lowest BCUT2D eigenvalue weighted by atomic mass is 10.1. The van der Waals surface area contributed by atoms with Crippen LogP contribution < -0.4 is 5.32 Å². The highest BCUT2D eigenvalue weighted by Crippen LogP contribution is 2.26. The van der Waals surface area contributed by atoms with E-state index in [0.717, 1.165) is 12.1 Å². The summed E-state index contributed by atoms with van der Waals surface area (Å²) >= 11 is 5.67. The molecule has 0 saturated heterocycles. The average Bonchev–Trinajstić information content (AvgIpc) is 2.65. The van der Waals surface area contributed by atoms with Crippen molar-refractivity contribution in [2.45, 2.75) is 24.7 Å². The van der Waals surface area contributed by atoms with E-state index in [0.29, 0.717) is 0 Å². The van der Waals surface area contributed by atoms with Crippen LogP contribution in [0.4, 0.5) is 4.39 Å². The fourth-order valence-electron chi connectivity index (χ4n) is 2.39. The zero-order valence-electron chi connectivity index (χ0n) is 10.5. The van der Waals surface area contributed by atoms with E-state index in [1.165, 1.54) is 6.07 Å². The fourth-order valence-corrected chi connectivity index (χ4v) is 2.61. The molecule has 1 fully saturated rings. The van der Waals surface area contributed by atoms with Gasteiger partial charge in [-0.15, -0.1) is 0 Å². The molecule has 4 atom stereocenters. The summed E-state index contributed by atoms with van der Waals surface area (Å²) in [6.45, 7) is -0.281. The maximum atomic E-state index is 13.2. The van der Waals surface area contributed by atoms with Crippen molar-refractivity contribution in [2.24, 2.45) is 5.92 Å². The van der Waals surface area contributed by atoms with Gasteiger partial charge in [-0.05, 0) is 24.6 Å². The molecule has 1 aliphatic rings. The van der Waals surface area contributed by atoms with E-state index in [9.17, 15) is 19.4 Å². The van der Waals surface area contributed by atoms with Gasteiger partial charge < -0.3 is 20.6 Å². The molecule has 7 heteroatoms. The quantitative estimate of drug-likeness (QED) is 0.647. The molecule has 5 nitrogen and oxygen atoms in total. The van der Waals surface area contributed by atoms with E-state index < -0.39 is 35.9 Å². The monoisotopic (exact) mass is 303 g/mol. The van der Waals surface area contributed by atoms with Crippen LogP contribution >= 0.6 is 11.6 Å². The van der Waals surface area contributed by atoms with E-state index in [1.54, 1.807) is 0 Å². The molecule has 0 spiro atoms. The number of halogens is 2. The second-order valence-electron chi connectivity index (χ2n) is 4.90. The van der Waals surface area contributed by atoms with Gasteiger partial charge in [0.2, 0.25) is 0 Å². The first kappa shape index (κ1) is 15.2. The van der Waals surface area contributed by atoms with Gasteiger partial charge in [-0.1, -0.05) is 11.6 Å². The Kier molecular flexibility index (Phi) is 4.59. The molecule has 110 valence electrons. The van der Waals surface area contributed by atoms with Crippen LogP contribution in [0.25, 0.3) is 0 Å². The highest BCUT2D eigenvalue weighted by molar-refractivity contribution is 6.31. The van der Waals surface area contributed by atoms with Crippen molar-refractivity contribution in [3.05, 3.63) is 34.6 Å². The van der Waals surface area contributed by atoms with Gasteiger partial charge in [0.15, 0.2) is 0 Å². The minimum atomic E-state index is -1.17. The summed E-state index contributed by atoms with van der Waals surface area (Å²) in [6, 6.07) is 2.72. The normalized spacial score (nSPS) is 29.4. The van der Waals surface area contributed by atoms with Gasteiger partial charge in [0, 0.05) is 23.1 Å². The number of aliphatic hydroxyl groups excluding tert-OH is 3. The van der Waals surface area contributed by atoms with E-state index in [4.69, 9.17) is 16.7 Å². The Balaban J connectivity index is 2.08. The number of benzene rings is 1. The van der Waals surface area contributed by atoms with Crippen LogP contribution in [0.15, 0.2) is 18.2 Å². The van der Waals surface area contributed by atoms with E-state index >= 15 is 0 Å². The lowest BCUT2D eigenvalue weighted by Gasteiger charge is -2.18. The summed E-state index contributed by atoms with van der Waals surface area (Å²) in [5.74, 6) is -1.73. The largest absolute Gasteiger partial charge is 0.396 e. The highest BCUT2D eigenvalue weighted by atomic mass is 35.5. The van der Waals surface area contributed by atoms with Crippen molar-refractivity contribution in [3.63, 3.8) is 0 Å². The van der Waals surface area contributed by atoms with Crippen molar-refractivity contribution in [3.8, 4) is 0 Å². The predicted octanol–water partition coefficient (Wildman–Crippen LogP) is 0.312. The minimum Gasteiger partial charge on any atom is -0.396 e. The number of aliphatic hydroxyl groups is 3. The zero-order chi connectivity index (χ0) is 14.9. The van der Waals surface area contributed by atoms with Crippen molar-refractivity contribution < 1.29 is 24.5 Å². The van der Waals surface area contributed by atoms with Crippen LogP contribution in [0, 0.1) is 11.7 Å². The Morgan fingerprint density at radius 3 is 2.60 bits per heavy atom. The van der Waals surface area contributed by atoms with E-state index in [2.05, 4.69) is 5.32 Å². The SMILES string of the molecule is O=C(N[C@H]1C[C@@H](CO)[C@H](O)[C@@H]1O)c1cc(F)cc(Cl)c1. The number of carbonyl (C=O) groups excluding carboxylic acids is 1. The standard InChI is InChI=1S/C13H15ClFNO4/c14-8-1-6(2-9(15)4-8)13(20)16-10-3-7(5-17)11(18)12(10)19/h1-2,4,7,10-12,17-19H,3,5H2,(H,16,20)/t7-,10-,11-,12+/m0/s1. The molecule has 1 amide bonds. The van der Waals surface area contributed by atoms with Gasteiger partial charge in [-0.3, -0.25) is 4.79 Å². The highest BCUT2D eigenvalue weighted by Gasteiger charge is 2.41. The molecular formula is C13H15ClFNO4. The Hall–Kier alpha value is -1.21. The van der Waals surface area contributed by atoms with Gasteiger partial charge in [-0.25, -0.2) is 4.39 Å². The van der Waals surface area contributed by atoms with Crippen LogP contribution in [-0.4, -0.2) is 46.1 Å². The van der Waals surface area contributed by atoms with E-state index in [-0.39, 0.29) is 23.6 Å². The topological polar surface area (TPSA) is 89.8 Å². The van der Waals surface area contributed by atoms with Crippen molar-refractivity contribution in [2.75, 3.05) is 6.61 Å². The number of amides is 1. The van der Waals surface area contributed by atoms with Crippen LogP contribution in [-0.2, 0) is 0 Å². The zero-order valence-corrected chi connectivity index (χ0v) is 11.2. The molecule has 0 heterocycles. The Bertz CT molecular complexity index is 493. The number of rotatable bonds is 3. The van der Waals surface area contributed by atoms with Crippen LogP contribution in [0.5, 0.6) is 0 Å². The lowest BCUT2D eigenvalue weighted by Crippen LogP contribution is -2.43. The molecule has 0 unspecified atom stereocenters. The van der Waals surface area contributed by atoms with Gasteiger partial charge in [-0.2, -0.15) is 0 Å². The first-order chi connectivity index (χ1) is 9.42. The molecule has 1 aliphatic carbocycles. The molecule has 2 rings (SSSR count). The molecular weight excluding hydrogens is 289 g/mol. The summed E-state index contributed by atoms with van der Waals surface area (Å²) in [5.41, 5.74) is 0.0316. The summed E-state index contributed by atoms with van der Waals surface area (Å²) in [5, 5.41) is 31.1. The second kappa shape index (κ2) is 6.05. The van der Waals surface area contributed by atoms with Gasteiger partial charge in [0.25, 0.3) is 5.91 Å².